The van der Waals surface area contributed by atoms with E-state index in [0.717, 1.165) is 0 Å². The molecule has 1 heterocycles. The smallest absolute Gasteiger partial charge is 0.271 e. The number of nitrogens with one attached hydrogen (secondary N) is 2. The molecule has 0 fully saturated rings. The van der Waals surface area contributed by atoms with Crippen LogP contribution in [0.1, 0.15) is 10.5 Å². The number of amides is 1. The van der Waals surface area contributed by atoms with E-state index >= 15 is 0 Å². The Hall–Kier alpha value is -1.73. The predicted molar refractivity (Wildman–Crippen MR) is 66.6 cm³/mol. The molecule has 0 aliphatic carbocycles. The van der Waals surface area contributed by atoms with E-state index in [9.17, 15) is 4.79 Å². The van der Waals surface area contributed by atoms with Gasteiger partial charge in [0.1, 0.15) is 5.82 Å². The second kappa shape index (κ2) is 8.37. The maximum Gasteiger partial charge on any atom is 0.271 e. The molecular formula is C11H18N4O3. The summed E-state index contributed by atoms with van der Waals surface area (Å²) >= 11 is 0. The fraction of sp³-hybridized carbons (Fsp3) is 0.545. The maximum atomic E-state index is 11.6. The number of anilines is 1. The summed E-state index contributed by atoms with van der Waals surface area (Å²) in [6, 6.07) is 3.32. The Morgan fingerprint density at radius 2 is 1.89 bits per heavy atom. The van der Waals surface area contributed by atoms with Crippen LogP contribution >= 0.6 is 0 Å². The van der Waals surface area contributed by atoms with Crippen molar-refractivity contribution in [2.75, 3.05) is 45.8 Å². The lowest BCUT2D eigenvalue weighted by Gasteiger charge is -2.05. The predicted octanol–water partition coefficient (Wildman–Crippen LogP) is -0.0889. The third kappa shape index (κ3) is 5.07. The second-order valence-electron chi connectivity index (χ2n) is 3.47. The van der Waals surface area contributed by atoms with E-state index in [1.165, 1.54) is 0 Å². The Labute approximate surface area is 106 Å². The van der Waals surface area contributed by atoms with Gasteiger partial charge in [-0.1, -0.05) is 0 Å². The number of nitrogens with zero attached hydrogens (tertiary/aromatic N) is 2. The Morgan fingerprint density at radius 3 is 2.50 bits per heavy atom. The molecule has 0 unspecified atom stereocenters. The van der Waals surface area contributed by atoms with Gasteiger partial charge < -0.3 is 20.1 Å². The lowest BCUT2D eigenvalue weighted by Crippen LogP contribution is -2.28. The summed E-state index contributed by atoms with van der Waals surface area (Å²) in [5.41, 5.74) is 0.281. The standard InChI is InChI=1S/C11H18N4O3/c1-17-7-5-12-10-4-3-9(14-15-10)11(16)13-6-8-18-2/h3-4H,5-8H2,1-2H3,(H,12,15)(H,13,16). The van der Waals surface area contributed by atoms with Crippen LogP contribution in [0.2, 0.25) is 0 Å². The van der Waals surface area contributed by atoms with Crippen LogP contribution in [0.25, 0.3) is 0 Å². The first-order valence-corrected chi connectivity index (χ1v) is 5.61. The van der Waals surface area contributed by atoms with Crippen molar-refractivity contribution >= 4 is 11.7 Å². The van der Waals surface area contributed by atoms with Crippen LogP contribution in [0, 0.1) is 0 Å². The van der Waals surface area contributed by atoms with Crippen LogP contribution in [0.4, 0.5) is 5.82 Å². The average Bonchev–Trinajstić information content (AvgIpc) is 2.40. The first kappa shape index (κ1) is 14.3. The summed E-state index contributed by atoms with van der Waals surface area (Å²) in [6.45, 7) is 2.15. The number of carbonyl (C=O) groups is 1. The number of aromatic nitrogens is 2. The van der Waals surface area contributed by atoms with E-state index in [1.807, 2.05) is 0 Å². The van der Waals surface area contributed by atoms with Crippen molar-refractivity contribution in [3.63, 3.8) is 0 Å². The van der Waals surface area contributed by atoms with Crippen molar-refractivity contribution in [2.45, 2.75) is 0 Å². The Morgan fingerprint density at radius 1 is 1.17 bits per heavy atom. The molecule has 7 heteroatoms. The fourth-order valence-electron chi connectivity index (χ4n) is 1.19. The minimum atomic E-state index is -0.261. The molecule has 0 saturated carbocycles. The van der Waals surface area contributed by atoms with Crippen LogP contribution in [-0.2, 0) is 9.47 Å². The largest absolute Gasteiger partial charge is 0.383 e. The summed E-state index contributed by atoms with van der Waals surface area (Å²) in [6.07, 6.45) is 0. The van der Waals surface area contributed by atoms with Gasteiger partial charge >= 0.3 is 0 Å². The van der Waals surface area contributed by atoms with E-state index in [4.69, 9.17) is 9.47 Å². The van der Waals surface area contributed by atoms with Gasteiger partial charge in [0.25, 0.3) is 5.91 Å². The first-order valence-electron chi connectivity index (χ1n) is 5.61. The van der Waals surface area contributed by atoms with Crippen molar-refractivity contribution in [1.29, 1.82) is 0 Å². The topological polar surface area (TPSA) is 85.4 Å². The summed E-state index contributed by atoms with van der Waals surface area (Å²) in [5, 5.41) is 13.4. The zero-order chi connectivity index (χ0) is 13.2. The van der Waals surface area contributed by atoms with Crippen molar-refractivity contribution in [3.05, 3.63) is 17.8 Å². The molecule has 0 aromatic carbocycles. The Kier molecular flexibility index (Phi) is 6.67. The van der Waals surface area contributed by atoms with Crippen LogP contribution in [0.3, 0.4) is 0 Å². The van der Waals surface area contributed by atoms with Gasteiger partial charge in [-0.3, -0.25) is 4.79 Å². The zero-order valence-electron chi connectivity index (χ0n) is 10.6. The molecule has 0 aliphatic rings. The molecule has 0 aliphatic heterocycles. The number of ether oxygens (including phenoxy) is 2. The molecule has 100 valence electrons. The van der Waals surface area contributed by atoms with Gasteiger partial charge in [-0.2, -0.15) is 0 Å². The molecule has 0 bridgehead atoms. The molecule has 0 radical (unpaired) electrons. The number of hydrogen-bond donors (Lipinski definition) is 2. The summed E-state index contributed by atoms with van der Waals surface area (Å²) in [5.74, 6) is 0.350. The molecular weight excluding hydrogens is 236 g/mol. The minimum Gasteiger partial charge on any atom is -0.383 e. The van der Waals surface area contributed by atoms with Crippen molar-refractivity contribution in [2.24, 2.45) is 0 Å². The normalized spacial score (nSPS) is 10.1. The van der Waals surface area contributed by atoms with Crippen LogP contribution in [0.15, 0.2) is 12.1 Å². The van der Waals surface area contributed by atoms with Crippen molar-refractivity contribution < 1.29 is 14.3 Å². The van der Waals surface area contributed by atoms with Gasteiger partial charge in [-0.05, 0) is 12.1 Å². The van der Waals surface area contributed by atoms with Gasteiger partial charge in [0, 0.05) is 27.3 Å². The Bertz CT molecular complexity index is 356. The first-order chi connectivity index (χ1) is 8.77. The van der Waals surface area contributed by atoms with E-state index < -0.39 is 0 Å². The van der Waals surface area contributed by atoms with E-state index in [0.29, 0.717) is 32.1 Å². The van der Waals surface area contributed by atoms with Gasteiger partial charge in [-0.25, -0.2) is 0 Å². The third-order valence-corrected chi connectivity index (χ3v) is 2.10. The van der Waals surface area contributed by atoms with Crippen LogP contribution in [0.5, 0.6) is 0 Å². The quantitative estimate of drug-likeness (QED) is 0.631. The molecule has 1 rings (SSSR count). The second-order valence-corrected chi connectivity index (χ2v) is 3.47. The monoisotopic (exact) mass is 254 g/mol. The number of rotatable bonds is 8. The molecule has 0 spiro atoms. The average molecular weight is 254 g/mol. The summed E-state index contributed by atoms with van der Waals surface area (Å²) in [4.78, 5) is 11.6. The summed E-state index contributed by atoms with van der Waals surface area (Å²) < 4.78 is 9.72. The number of hydrogen-bond acceptors (Lipinski definition) is 6. The highest BCUT2D eigenvalue weighted by Crippen LogP contribution is 2.01. The van der Waals surface area contributed by atoms with Gasteiger partial charge in [0.2, 0.25) is 0 Å². The number of carbonyl (C=O) groups excluding carboxylic acids is 1. The van der Waals surface area contributed by atoms with Gasteiger partial charge in [-0.15, -0.1) is 10.2 Å². The molecule has 2 N–H and O–H groups in total. The highest BCUT2D eigenvalue weighted by atomic mass is 16.5. The SMILES string of the molecule is COCCNC(=O)c1ccc(NCCOC)nn1. The van der Waals surface area contributed by atoms with Crippen molar-refractivity contribution in [3.8, 4) is 0 Å². The molecule has 1 aromatic rings. The van der Waals surface area contributed by atoms with E-state index in [-0.39, 0.29) is 11.6 Å². The molecule has 18 heavy (non-hydrogen) atoms. The minimum absolute atomic E-state index is 0.261. The maximum absolute atomic E-state index is 11.6. The highest BCUT2D eigenvalue weighted by Gasteiger charge is 2.06. The highest BCUT2D eigenvalue weighted by molar-refractivity contribution is 5.92. The fourth-order valence-corrected chi connectivity index (χ4v) is 1.19. The molecule has 7 nitrogen and oxygen atoms in total. The van der Waals surface area contributed by atoms with Gasteiger partial charge in [0.15, 0.2) is 5.69 Å². The van der Waals surface area contributed by atoms with Crippen LogP contribution < -0.4 is 10.6 Å². The molecule has 0 saturated heterocycles. The van der Waals surface area contributed by atoms with E-state index in [2.05, 4.69) is 20.8 Å². The lowest BCUT2D eigenvalue weighted by atomic mass is 10.3. The number of methoxy groups -OCH3 is 2. The van der Waals surface area contributed by atoms with E-state index in [1.54, 1.807) is 26.4 Å². The van der Waals surface area contributed by atoms with Gasteiger partial charge in [0.05, 0.1) is 13.2 Å². The summed E-state index contributed by atoms with van der Waals surface area (Å²) in [7, 11) is 3.20. The van der Waals surface area contributed by atoms with Crippen molar-refractivity contribution in [1.82, 2.24) is 15.5 Å². The molecule has 0 atom stereocenters. The molecule has 1 amide bonds. The van der Waals surface area contributed by atoms with Crippen LogP contribution in [-0.4, -0.2) is 56.6 Å². The zero-order valence-corrected chi connectivity index (χ0v) is 10.6. The Balaban J connectivity index is 2.41. The third-order valence-electron chi connectivity index (χ3n) is 2.10. The molecule has 1 aromatic heterocycles. The lowest BCUT2D eigenvalue weighted by molar-refractivity contribution is 0.0931.